The molecule has 0 bridgehead atoms. The Labute approximate surface area is 113 Å². The molecule has 2 rings (SSSR count). The molecule has 3 nitrogen and oxygen atoms in total. The van der Waals surface area contributed by atoms with E-state index in [0.717, 1.165) is 17.1 Å². The second-order valence-corrected chi connectivity index (χ2v) is 5.13. The SMILES string of the molecule is CC(C)c1c(CN)cnn1Cc1ccc(Cl)cc1. The van der Waals surface area contributed by atoms with Crippen molar-refractivity contribution in [2.24, 2.45) is 5.73 Å². The highest BCUT2D eigenvalue weighted by Crippen LogP contribution is 2.20. The summed E-state index contributed by atoms with van der Waals surface area (Å²) in [6, 6.07) is 7.85. The number of benzene rings is 1. The van der Waals surface area contributed by atoms with Crippen LogP contribution in [0.2, 0.25) is 5.02 Å². The fourth-order valence-electron chi connectivity index (χ4n) is 2.15. The predicted octanol–water partition coefficient (Wildman–Crippen LogP) is 3.17. The lowest BCUT2D eigenvalue weighted by atomic mass is 10.1. The lowest BCUT2D eigenvalue weighted by Gasteiger charge is -2.12. The van der Waals surface area contributed by atoms with Gasteiger partial charge in [-0.15, -0.1) is 0 Å². The zero-order valence-electron chi connectivity index (χ0n) is 10.7. The van der Waals surface area contributed by atoms with Gasteiger partial charge in [0, 0.05) is 22.8 Å². The summed E-state index contributed by atoms with van der Waals surface area (Å²) in [7, 11) is 0. The number of halogens is 1. The van der Waals surface area contributed by atoms with E-state index in [1.54, 1.807) is 0 Å². The monoisotopic (exact) mass is 263 g/mol. The molecule has 0 spiro atoms. The number of rotatable bonds is 4. The summed E-state index contributed by atoms with van der Waals surface area (Å²) in [4.78, 5) is 0. The molecular formula is C14H18ClN3. The van der Waals surface area contributed by atoms with Crippen LogP contribution in [0.3, 0.4) is 0 Å². The highest BCUT2D eigenvalue weighted by Gasteiger charge is 2.13. The first-order chi connectivity index (χ1) is 8.61. The molecule has 0 aliphatic carbocycles. The molecule has 96 valence electrons. The smallest absolute Gasteiger partial charge is 0.0662 e. The van der Waals surface area contributed by atoms with Crippen LogP contribution in [0.4, 0.5) is 0 Å². The number of hydrogen-bond acceptors (Lipinski definition) is 2. The van der Waals surface area contributed by atoms with Crippen LogP contribution < -0.4 is 5.73 Å². The Morgan fingerprint density at radius 3 is 2.50 bits per heavy atom. The number of aromatic nitrogens is 2. The van der Waals surface area contributed by atoms with Crippen molar-refractivity contribution in [3.8, 4) is 0 Å². The maximum atomic E-state index is 5.88. The van der Waals surface area contributed by atoms with Gasteiger partial charge in [0.15, 0.2) is 0 Å². The van der Waals surface area contributed by atoms with Crippen molar-refractivity contribution in [2.75, 3.05) is 0 Å². The van der Waals surface area contributed by atoms with Gasteiger partial charge in [0.25, 0.3) is 0 Å². The quantitative estimate of drug-likeness (QED) is 0.921. The van der Waals surface area contributed by atoms with E-state index in [2.05, 4.69) is 18.9 Å². The predicted molar refractivity (Wildman–Crippen MR) is 74.8 cm³/mol. The van der Waals surface area contributed by atoms with Crippen LogP contribution in [0.1, 0.15) is 36.6 Å². The van der Waals surface area contributed by atoms with Gasteiger partial charge in [-0.3, -0.25) is 4.68 Å². The van der Waals surface area contributed by atoms with Gasteiger partial charge in [-0.1, -0.05) is 37.6 Å². The van der Waals surface area contributed by atoms with Gasteiger partial charge in [-0.25, -0.2) is 0 Å². The van der Waals surface area contributed by atoms with Crippen molar-refractivity contribution in [1.82, 2.24) is 9.78 Å². The molecule has 1 heterocycles. The second kappa shape index (κ2) is 5.55. The van der Waals surface area contributed by atoms with Gasteiger partial charge in [-0.2, -0.15) is 5.10 Å². The van der Waals surface area contributed by atoms with Gasteiger partial charge >= 0.3 is 0 Å². The van der Waals surface area contributed by atoms with E-state index in [0.29, 0.717) is 12.5 Å². The fraction of sp³-hybridized carbons (Fsp3) is 0.357. The van der Waals surface area contributed by atoms with Crippen LogP contribution >= 0.6 is 11.6 Å². The van der Waals surface area contributed by atoms with E-state index in [4.69, 9.17) is 17.3 Å². The molecule has 0 fully saturated rings. The minimum atomic E-state index is 0.415. The van der Waals surface area contributed by atoms with Crippen molar-refractivity contribution in [3.05, 3.63) is 52.3 Å². The fourth-order valence-corrected chi connectivity index (χ4v) is 2.27. The van der Waals surface area contributed by atoms with Gasteiger partial charge in [0.1, 0.15) is 0 Å². The Balaban J connectivity index is 2.28. The Hall–Kier alpha value is -1.32. The largest absolute Gasteiger partial charge is 0.326 e. The molecule has 0 amide bonds. The molecule has 0 atom stereocenters. The molecule has 1 aromatic carbocycles. The van der Waals surface area contributed by atoms with Crippen molar-refractivity contribution in [2.45, 2.75) is 32.9 Å². The summed E-state index contributed by atoms with van der Waals surface area (Å²) in [6.07, 6.45) is 1.87. The Morgan fingerprint density at radius 1 is 1.28 bits per heavy atom. The van der Waals surface area contributed by atoms with Crippen LogP contribution in [0.25, 0.3) is 0 Å². The summed E-state index contributed by atoms with van der Waals surface area (Å²) in [5, 5.41) is 5.19. The molecular weight excluding hydrogens is 246 g/mol. The Kier molecular flexibility index (Phi) is 4.04. The molecule has 2 aromatic rings. The van der Waals surface area contributed by atoms with E-state index in [9.17, 15) is 0 Å². The average Bonchev–Trinajstić information content (AvgIpc) is 2.75. The van der Waals surface area contributed by atoms with Crippen molar-refractivity contribution < 1.29 is 0 Å². The number of hydrogen-bond donors (Lipinski definition) is 1. The third kappa shape index (κ3) is 2.74. The van der Waals surface area contributed by atoms with Crippen molar-refractivity contribution in [1.29, 1.82) is 0 Å². The van der Waals surface area contributed by atoms with Crippen LogP contribution in [-0.4, -0.2) is 9.78 Å². The highest BCUT2D eigenvalue weighted by atomic mass is 35.5. The van der Waals surface area contributed by atoms with Crippen molar-refractivity contribution in [3.63, 3.8) is 0 Å². The van der Waals surface area contributed by atoms with Crippen LogP contribution in [0, 0.1) is 0 Å². The summed E-state index contributed by atoms with van der Waals surface area (Å²) >= 11 is 5.88. The Bertz CT molecular complexity index is 514. The maximum absolute atomic E-state index is 5.88. The van der Waals surface area contributed by atoms with Crippen LogP contribution in [-0.2, 0) is 13.1 Å². The van der Waals surface area contributed by atoms with Gasteiger partial charge in [-0.05, 0) is 23.6 Å². The lowest BCUT2D eigenvalue weighted by molar-refractivity contribution is 0.614. The second-order valence-electron chi connectivity index (χ2n) is 4.70. The molecule has 0 saturated carbocycles. The third-order valence-corrected chi connectivity index (χ3v) is 3.22. The van der Waals surface area contributed by atoms with E-state index in [1.165, 1.54) is 11.3 Å². The van der Waals surface area contributed by atoms with Crippen LogP contribution in [0.15, 0.2) is 30.5 Å². The zero-order chi connectivity index (χ0) is 13.1. The molecule has 1 aromatic heterocycles. The van der Waals surface area contributed by atoms with E-state index < -0.39 is 0 Å². The maximum Gasteiger partial charge on any atom is 0.0662 e. The van der Waals surface area contributed by atoms with E-state index in [1.807, 2.05) is 35.1 Å². The molecule has 0 saturated heterocycles. The first-order valence-electron chi connectivity index (χ1n) is 6.11. The summed E-state index contributed by atoms with van der Waals surface area (Å²) < 4.78 is 2.02. The van der Waals surface area contributed by atoms with E-state index >= 15 is 0 Å². The summed E-state index contributed by atoms with van der Waals surface area (Å²) in [5.74, 6) is 0.415. The topological polar surface area (TPSA) is 43.8 Å². The van der Waals surface area contributed by atoms with E-state index in [-0.39, 0.29) is 0 Å². The van der Waals surface area contributed by atoms with Crippen molar-refractivity contribution >= 4 is 11.6 Å². The average molecular weight is 264 g/mol. The molecule has 0 aliphatic heterocycles. The molecule has 0 unspecified atom stereocenters. The normalized spacial score (nSPS) is 11.2. The lowest BCUT2D eigenvalue weighted by Crippen LogP contribution is -2.10. The molecule has 2 N–H and O–H groups in total. The first kappa shape index (κ1) is 13.1. The molecule has 4 heteroatoms. The number of nitrogens with two attached hydrogens (primary N) is 1. The minimum absolute atomic E-state index is 0.415. The minimum Gasteiger partial charge on any atom is -0.326 e. The standard InChI is InChI=1S/C14H18ClN3/c1-10(2)14-12(7-16)8-17-18(14)9-11-3-5-13(15)6-4-11/h3-6,8,10H,7,9,16H2,1-2H3. The first-order valence-corrected chi connectivity index (χ1v) is 6.48. The Morgan fingerprint density at radius 2 is 1.94 bits per heavy atom. The molecule has 0 aliphatic rings. The summed E-state index contributed by atoms with van der Waals surface area (Å²) in [5.41, 5.74) is 9.27. The van der Waals surface area contributed by atoms with Gasteiger partial charge in [0.05, 0.1) is 12.7 Å². The highest BCUT2D eigenvalue weighted by molar-refractivity contribution is 6.30. The molecule has 0 radical (unpaired) electrons. The molecule has 18 heavy (non-hydrogen) atoms. The summed E-state index contributed by atoms with van der Waals surface area (Å²) in [6.45, 7) is 5.61. The third-order valence-electron chi connectivity index (χ3n) is 2.97. The van der Waals surface area contributed by atoms with Crippen LogP contribution in [0.5, 0.6) is 0 Å². The van der Waals surface area contributed by atoms with Gasteiger partial charge in [0.2, 0.25) is 0 Å². The van der Waals surface area contributed by atoms with Gasteiger partial charge < -0.3 is 5.73 Å². The number of nitrogens with zero attached hydrogens (tertiary/aromatic N) is 2. The zero-order valence-corrected chi connectivity index (χ0v) is 11.5.